The van der Waals surface area contributed by atoms with Crippen molar-refractivity contribution in [2.75, 3.05) is 0 Å². The van der Waals surface area contributed by atoms with Crippen molar-refractivity contribution in [2.45, 2.75) is 32.7 Å². The fourth-order valence-electron chi connectivity index (χ4n) is 2.68. The normalized spacial score (nSPS) is 11.2. The van der Waals surface area contributed by atoms with Gasteiger partial charge in [-0.2, -0.15) is 0 Å². The number of aromatic nitrogens is 2. The number of imidazole rings is 1. The molecule has 0 saturated carbocycles. The molecule has 0 fully saturated rings. The van der Waals surface area contributed by atoms with Crippen LogP contribution in [-0.4, -0.2) is 9.55 Å². The van der Waals surface area contributed by atoms with Crippen molar-refractivity contribution in [2.24, 2.45) is 0 Å². The third kappa shape index (κ3) is 2.68. The molecule has 0 N–H and O–H groups in total. The minimum absolute atomic E-state index is 0.432. The van der Waals surface area contributed by atoms with Crippen LogP contribution in [0.3, 0.4) is 0 Å². The lowest BCUT2D eigenvalue weighted by Gasteiger charge is -2.09. The van der Waals surface area contributed by atoms with Crippen LogP contribution in [0.1, 0.15) is 29.4 Å². The van der Waals surface area contributed by atoms with Crippen LogP contribution in [0.4, 0.5) is 0 Å². The molecule has 0 spiro atoms. The Bertz CT molecular complexity index is 757. The van der Waals surface area contributed by atoms with Crippen molar-refractivity contribution in [1.82, 2.24) is 9.55 Å². The van der Waals surface area contributed by atoms with Gasteiger partial charge in [-0.1, -0.05) is 43.3 Å². The highest BCUT2D eigenvalue weighted by molar-refractivity contribution is 6.16. The molecular weight excluding hydrogens is 280 g/mol. The number of aryl methyl sites for hydroxylation is 2. The second-order valence-electron chi connectivity index (χ2n) is 5.36. The van der Waals surface area contributed by atoms with Gasteiger partial charge in [0.15, 0.2) is 0 Å². The first kappa shape index (κ1) is 14.2. The highest BCUT2D eigenvalue weighted by Gasteiger charge is 2.11. The molecule has 3 aromatic rings. The lowest BCUT2D eigenvalue weighted by atomic mass is 10.1. The van der Waals surface area contributed by atoms with Gasteiger partial charge in [-0.3, -0.25) is 0 Å². The summed E-state index contributed by atoms with van der Waals surface area (Å²) in [6, 6.07) is 15.1. The van der Waals surface area contributed by atoms with E-state index in [0.29, 0.717) is 5.88 Å². The third-order valence-electron chi connectivity index (χ3n) is 3.95. The lowest BCUT2D eigenvalue weighted by molar-refractivity contribution is 0.778. The van der Waals surface area contributed by atoms with E-state index in [-0.39, 0.29) is 0 Å². The average molecular weight is 299 g/mol. The molecule has 3 heteroatoms. The van der Waals surface area contributed by atoms with Crippen molar-refractivity contribution in [3.63, 3.8) is 0 Å². The second kappa shape index (κ2) is 5.90. The molecule has 0 bridgehead atoms. The first-order chi connectivity index (χ1) is 10.2. The van der Waals surface area contributed by atoms with Gasteiger partial charge in [-0.15, -0.1) is 11.6 Å². The quantitative estimate of drug-likeness (QED) is 0.639. The summed E-state index contributed by atoms with van der Waals surface area (Å²) >= 11 is 6.09. The molecule has 21 heavy (non-hydrogen) atoms. The van der Waals surface area contributed by atoms with Gasteiger partial charge in [0.05, 0.1) is 16.9 Å². The summed E-state index contributed by atoms with van der Waals surface area (Å²) < 4.78 is 2.22. The minimum atomic E-state index is 0.432. The maximum Gasteiger partial charge on any atom is 0.125 e. The van der Waals surface area contributed by atoms with Crippen LogP contribution in [0, 0.1) is 6.92 Å². The first-order valence-corrected chi connectivity index (χ1v) is 7.85. The molecule has 0 atom stereocenters. The summed E-state index contributed by atoms with van der Waals surface area (Å²) in [5.41, 5.74) is 6.05. The predicted molar refractivity (Wildman–Crippen MR) is 88.9 cm³/mol. The lowest BCUT2D eigenvalue weighted by Crippen LogP contribution is -2.03. The van der Waals surface area contributed by atoms with Gasteiger partial charge in [0, 0.05) is 6.54 Å². The Balaban J connectivity index is 2.04. The standard InChI is InChI=1S/C18H19ClN2/c1-3-14-7-9-15(10-8-14)12-21-16-6-4-5-13(2)18(16)20-17(21)11-19/h4-10H,3,11-12H2,1-2H3. The molecule has 0 aliphatic carbocycles. The number of para-hydroxylation sites is 1. The van der Waals surface area contributed by atoms with E-state index in [2.05, 4.69) is 60.9 Å². The Hall–Kier alpha value is -1.80. The zero-order valence-corrected chi connectivity index (χ0v) is 13.2. The van der Waals surface area contributed by atoms with Crippen LogP contribution in [0.25, 0.3) is 11.0 Å². The highest BCUT2D eigenvalue weighted by Crippen LogP contribution is 2.22. The monoisotopic (exact) mass is 298 g/mol. The van der Waals surface area contributed by atoms with Crippen LogP contribution in [-0.2, 0) is 18.8 Å². The van der Waals surface area contributed by atoms with E-state index < -0.39 is 0 Å². The molecular formula is C18H19ClN2. The predicted octanol–water partition coefficient (Wildman–Crippen LogP) is 4.69. The van der Waals surface area contributed by atoms with Gasteiger partial charge in [0.1, 0.15) is 5.82 Å². The van der Waals surface area contributed by atoms with Gasteiger partial charge in [-0.25, -0.2) is 4.98 Å². The van der Waals surface area contributed by atoms with E-state index in [4.69, 9.17) is 16.6 Å². The van der Waals surface area contributed by atoms with E-state index in [1.807, 2.05) is 0 Å². The molecule has 1 heterocycles. The molecule has 0 radical (unpaired) electrons. The van der Waals surface area contributed by atoms with Gasteiger partial charge in [0.2, 0.25) is 0 Å². The molecule has 1 aromatic heterocycles. The fraction of sp³-hybridized carbons (Fsp3) is 0.278. The Morgan fingerprint density at radius 1 is 1.05 bits per heavy atom. The van der Waals surface area contributed by atoms with E-state index in [1.54, 1.807) is 0 Å². The molecule has 0 unspecified atom stereocenters. The van der Waals surface area contributed by atoms with Crippen LogP contribution in [0.15, 0.2) is 42.5 Å². The SMILES string of the molecule is CCc1ccc(Cn2c(CCl)nc3c(C)cccc32)cc1. The van der Waals surface area contributed by atoms with E-state index >= 15 is 0 Å². The van der Waals surface area contributed by atoms with Crippen LogP contribution in [0.5, 0.6) is 0 Å². The summed E-state index contributed by atoms with van der Waals surface area (Å²) in [7, 11) is 0. The molecule has 0 aliphatic heterocycles. The van der Waals surface area contributed by atoms with E-state index in [9.17, 15) is 0 Å². The Morgan fingerprint density at radius 3 is 2.43 bits per heavy atom. The summed E-state index contributed by atoms with van der Waals surface area (Å²) in [4.78, 5) is 4.69. The Kier molecular flexibility index (Phi) is 3.98. The van der Waals surface area contributed by atoms with Crippen molar-refractivity contribution < 1.29 is 0 Å². The zero-order valence-electron chi connectivity index (χ0n) is 12.4. The smallest absolute Gasteiger partial charge is 0.125 e. The van der Waals surface area contributed by atoms with E-state index in [0.717, 1.165) is 29.8 Å². The molecule has 108 valence electrons. The van der Waals surface area contributed by atoms with Gasteiger partial charge >= 0.3 is 0 Å². The van der Waals surface area contributed by atoms with Crippen LogP contribution >= 0.6 is 11.6 Å². The molecule has 3 rings (SSSR count). The largest absolute Gasteiger partial charge is 0.322 e. The maximum atomic E-state index is 6.09. The number of hydrogen-bond donors (Lipinski definition) is 0. The topological polar surface area (TPSA) is 17.8 Å². The van der Waals surface area contributed by atoms with Crippen molar-refractivity contribution in [1.29, 1.82) is 0 Å². The molecule has 0 amide bonds. The number of benzene rings is 2. The maximum absolute atomic E-state index is 6.09. The number of rotatable bonds is 4. The average Bonchev–Trinajstić information content (AvgIpc) is 2.87. The summed E-state index contributed by atoms with van der Waals surface area (Å²) in [5, 5.41) is 0. The number of nitrogens with zero attached hydrogens (tertiary/aromatic N) is 2. The summed E-state index contributed by atoms with van der Waals surface area (Å²) in [6.45, 7) is 5.08. The summed E-state index contributed by atoms with van der Waals surface area (Å²) in [5.74, 6) is 1.36. The number of halogens is 1. The number of fused-ring (bicyclic) bond motifs is 1. The van der Waals surface area contributed by atoms with Crippen molar-refractivity contribution in [3.8, 4) is 0 Å². The first-order valence-electron chi connectivity index (χ1n) is 7.31. The summed E-state index contributed by atoms with van der Waals surface area (Å²) in [6.07, 6.45) is 1.07. The van der Waals surface area contributed by atoms with Crippen LogP contribution in [0.2, 0.25) is 0 Å². The Labute approximate surface area is 130 Å². The van der Waals surface area contributed by atoms with Gasteiger partial charge in [-0.05, 0) is 36.1 Å². The Morgan fingerprint density at radius 2 is 1.76 bits per heavy atom. The fourth-order valence-corrected chi connectivity index (χ4v) is 2.88. The number of hydrogen-bond acceptors (Lipinski definition) is 1. The molecule has 0 aliphatic rings. The number of alkyl halides is 1. The van der Waals surface area contributed by atoms with Crippen molar-refractivity contribution in [3.05, 3.63) is 65.0 Å². The molecule has 2 nitrogen and oxygen atoms in total. The van der Waals surface area contributed by atoms with Gasteiger partial charge in [0.25, 0.3) is 0 Å². The van der Waals surface area contributed by atoms with E-state index in [1.165, 1.54) is 16.7 Å². The van der Waals surface area contributed by atoms with Gasteiger partial charge < -0.3 is 4.57 Å². The minimum Gasteiger partial charge on any atom is -0.322 e. The van der Waals surface area contributed by atoms with Crippen molar-refractivity contribution >= 4 is 22.6 Å². The highest BCUT2D eigenvalue weighted by atomic mass is 35.5. The zero-order chi connectivity index (χ0) is 14.8. The molecule has 2 aromatic carbocycles. The van der Waals surface area contributed by atoms with Crippen LogP contribution < -0.4 is 0 Å². The third-order valence-corrected chi connectivity index (χ3v) is 4.19. The molecule has 0 saturated heterocycles. The second-order valence-corrected chi connectivity index (χ2v) is 5.63.